The first kappa shape index (κ1) is 11.0. The van der Waals surface area contributed by atoms with Crippen LogP contribution in [-0.4, -0.2) is 33.8 Å². The van der Waals surface area contributed by atoms with Crippen molar-refractivity contribution in [2.45, 2.75) is 31.8 Å². The zero-order valence-electron chi connectivity index (χ0n) is 9.81. The highest BCUT2D eigenvalue weighted by atomic mass is 16.2. The van der Waals surface area contributed by atoms with Gasteiger partial charge in [-0.2, -0.15) is 5.10 Å². The van der Waals surface area contributed by atoms with Crippen molar-refractivity contribution in [3.63, 3.8) is 0 Å². The lowest BCUT2D eigenvalue weighted by Gasteiger charge is -2.28. The van der Waals surface area contributed by atoms with Crippen LogP contribution in [0.15, 0.2) is 12.4 Å². The van der Waals surface area contributed by atoms with E-state index < -0.39 is 0 Å². The van der Waals surface area contributed by atoms with E-state index in [2.05, 4.69) is 10.4 Å². The third kappa shape index (κ3) is 2.53. The van der Waals surface area contributed by atoms with Crippen LogP contribution in [0.1, 0.15) is 24.8 Å². The summed E-state index contributed by atoms with van der Waals surface area (Å²) >= 11 is 0. The monoisotopic (exact) mass is 222 g/mol. The third-order valence-corrected chi connectivity index (χ3v) is 2.96. The van der Waals surface area contributed by atoms with E-state index >= 15 is 0 Å². The Labute approximate surface area is 95.4 Å². The normalized spacial score (nSPS) is 15.6. The van der Waals surface area contributed by atoms with E-state index in [1.54, 1.807) is 22.8 Å². The molecule has 2 amide bonds. The molecule has 0 aromatic carbocycles. The van der Waals surface area contributed by atoms with Crippen molar-refractivity contribution in [2.24, 2.45) is 7.05 Å². The van der Waals surface area contributed by atoms with E-state index in [0.717, 1.165) is 18.4 Å². The number of amides is 2. The van der Waals surface area contributed by atoms with Crippen LogP contribution in [0.25, 0.3) is 0 Å². The molecule has 1 aromatic rings. The number of aryl methyl sites for hydroxylation is 1. The highest BCUT2D eigenvalue weighted by molar-refractivity contribution is 5.74. The van der Waals surface area contributed by atoms with Gasteiger partial charge in [-0.3, -0.25) is 4.68 Å². The van der Waals surface area contributed by atoms with Crippen molar-refractivity contribution in [1.29, 1.82) is 0 Å². The van der Waals surface area contributed by atoms with E-state index in [0.29, 0.717) is 12.6 Å². The predicted octanol–water partition coefficient (Wildman–Crippen LogP) is 1.11. The largest absolute Gasteiger partial charge is 0.335 e. The Hall–Kier alpha value is -1.52. The SMILES string of the molecule is CN(Cc1cnn(C)c1)C(=O)NC1CCC1. The van der Waals surface area contributed by atoms with Crippen LogP contribution in [0.5, 0.6) is 0 Å². The van der Waals surface area contributed by atoms with Crippen LogP contribution < -0.4 is 5.32 Å². The number of aromatic nitrogens is 2. The molecule has 0 atom stereocenters. The van der Waals surface area contributed by atoms with Crippen molar-refractivity contribution in [2.75, 3.05) is 7.05 Å². The second-order valence-corrected chi connectivity index (χ2v) is 4.46. The quantitative estimate of drug-likeness (QED) is 0.833. The topological polar surface area (TPSA) is 50.2 Å². The zero-order chi connectivity index (χ0) is 11.5. The molecule has 1 aromatic heterocycles. The van der Waals surface area contributed by atoms with E-state index in [9.17, 15) is 4.79 Å². The van der Waals surface area contributed by atoms with Crippen LogP contribution in [0, 0.1) is 0 Å². The van der Waals surface area contributed by atoms with Crippen molar-refractivity contribution < 1.29 is 4.79 Å². The Kier molecular flexibility index (Phi) is 3.12. The first-order valence-electron chi connectivity index (χ1n) is 5.64. The molecule has 16 heavy (non-hydrogen) atoms. The van der Waals surface area contributed by atoms with Crippen molar-refractivity contribution in [3.05, 3.63) is 18.0 Å². The van der Waals surface area contributed by atoms with Crippen LogP contribution in [0.2, 0.25) is 0 Å². The number of nitrogens with one attached hydrogen (secondary N) is 1. The number of nitrogens with zero attached hydrogens (tertiary/aromatic N) is 3. The molecule has 0 radical (unpaired) electrons. The second kappa shape index (κ2) is 4.55. The smallest absolute Gasteiger partial charge is 0.317 e. The fourth-order valence-corrected chi connectivity index (χ4v) is 1.74. The average Bonchev–Trinajstić information content (AvgIpc) is 2.57. The molecule has 88 valence electrons. The number of carbonyl (C=O) groups excluding carboxylic acids is 1. The number of urea groups is 1. The molecule has 1 saturated carbocycles. The molecule has 5 nitrogen and oxygen atoms in total. The van der Waals surface area contributed by atoms with Crippen LogP contribution in [0.4, 0.5) is 4.79 Å². The van der Waals surface area contributed by atoms with Crippen LogP contribution in [0.3, 0.4) is 0 Å². The minimum atomic E-state index is 0.00792. The maximum atomic E-state index is 11.7. The maximum Gasteiger partial charge on any atom is 0.317 e. The Bertz CT molecular complexity index is 370. The summed E-state index contributed by atoms with van der Waals surface area (Å²) in [5, 5.41) is 7.08. The maximum absolute atomic E-state index is 11.7. The van der Waals surface area contributed by atoms with Gasteiger partial charge in [0.2, 0.25) is 0 Å². The first-order chi connectivity index (χ1) is 7.65. The van der Waals surface area contributed by atoms with Gasteiger partial charge >= 0.3 is 6.03 Å². The molecule has 0 bridgehead atoms. The summed E-state index contributed by atoms with van der Waals surface area (Å²) in [5.74, 6) is 0. The lowest BCUT2D eigenvalue weighted by atomic mass is 9.93. The number of carbonyl (C=O) groups is 1. The summed E-state index contributed by atoms with van der Waals surface area (Å²) in [4.78, 5) is 13.4. The van der Waals surface area contributed by atoms with E-state index in [1.807, 2.05) is 13.2 Å². The molecule has 1 aliphatic rings. The molecule has 1 heterocycles. The standard InChI is InChI=1S/C11H18N4O/c1-14(7-9-6-12-15(2)8-9)11(16)13-10-4-3-5-10/h6,8,10H,3-5,7H2,1-2H3,(H,13,16). The van der Waals surface area contributed by atoms with Gasteiger partial charge in [0, 0.05) is 31.9 Å². The Morgan fingerprint density at radius 2 is 2.44 bits per heavy atom. The Morgan fingerprint density at radius 3 is 2.94 bits per heavy atom. The molecule has 2 rings (SSSR count). The highest BCUT2D eigenvalue weighted by Gasteiger charge is 2.21. The predicted molar refractivity (Wildman–Crippen MR) is 60.8 cm³/mol. The van der Waals surface area contributed by atoms with Crippen molar-refractivity contribution >= 4 is 6.03 Å². The van der Waals surface area contributed by atoms with Gasteiger partial charge in [0.1, 0.15) is 0 Å². The third-order valence-electron chi connectivity index (χ3n) is 2.96. The zero-order valence-corrected chi connectivity index (χ0v) is 9.81. The molecule has 0 unspecified atom stereocenters. The van der Waals surface area contributed by atoms with Crippen molar-refractivity contribution in [1.82, 2.24) is 20.0 Å². The van der Waals surface area contributed by atoms with Gasteiger partial charge in [-0.15, -0.1) is 0 Å². The summed E-state index contributed by atoms with van der Waals surface area (Å²) < 4.78 is 1.74. The average molecular weight is 222 g/mol. The summed E-state index contributed by atoms with van der Waals surface area (Å²) in [6.45, 7) is 0.604. The van der Waals surface area contributed by atoms with Gasteiger partial charge in [0.05, 0.1) is 12.7 Å². The second-order valence-electron chi connectivity index (χ2n) is 4.46. The molecular weight excluding hydrogens is 204 g/mol. The van der Waals surface area contributed by atoms with E-state index in [1.165, 1.54) is 6.42 Å². The van der Waals surface area contributed by atoms with Gasteiger partial charge in [-0.25, -0.2) is 4.79 Å². The van der Waals surface area contributed by atoms with Gasteiger partial charge in [-0.05, 0) is 19.3 Å². The van der Waals surface area contributed by atoms with Gasteiger partial charge in [0.15, 0.2) is 0 Å². The highest BCUT2D eigenvalue weighted by Crippen LogP contribution is 2.18. The summed E-state index contributed by atoms with van der Waals surface area (Å²) in [7, 11) is 3.68. The molecule has 0 saturated heterocycles. The molecule has 1 aliphatic carbocycles. The lowest BCUT2D eigenvalue weighted by Crippen LogP contribution is -2.45. The molecule has 0 spiro atoms. The fraction of sp³-hybridized carbons (Fsp3) is 0.636. The van der Waals surface area contributed by atoms with E-state index in [4.69, 9.17) is 0 Å². The van der Waals surface area contributed by atoms with Crippen LogP contribution >= 0.6 is 0 Å². The van der Waals surface area contributed by atoms with Crippen LogP contribution in [-0.2, 0) is 13.6 Å². The first-order valence-corrected chi connectivity index (χ1v) is 5.64. The summed E-state index contributed by atoms with van der Waals surface area (Å²) in [6.07, 6.45) is 7.18. The molecule has 5 heteroatoms. The number of hydrogen-bond donors (Lipinski definition) is 1. The number of hydrogen-bond acceptors (Lipinski definition) is 2. The Morgan fingerprint density at radius 1 is 1.69 bits per heavy atom. The molecular formula is C11H18N4O. The summed E-state index contributed by atoms with van der Waals surface area (Å²) in [5.41, 5.74) is 1.05. The van der Waals surface area contributed by atoms with Gasteiger partial charge < -0.3 is 10.2 Å². The molecule has 1 fully saturated rings. The Balaban J connectivity index is 1.82. The van der Waals surface area contributed by atoms with Crippen molar-refractivity contribution in [3.8, 4) is 0 Å². The summed E-state index contributed by atoms with van der Waals surface area (Å²) in [6, 6.07) is 0.400. The number of rotatable bonds is 3. The van der Waals surface area contributed by atoms with E-state index in [-0.39, 0.29) is 6.03 Å². The lowest BCUT2D eigenvalue weighted by molar-refractivity contribution is 0.195. The minimum Gasteiger partial charge on any atom is -0.335 e. The fourth-order valence-electron chi connectivity index (χ4n) is 1.74. The minimum absolute atomic E-state index is 0.00792. The van der Waals surface area contributed by atoms with Gasteiger partial charge in [-0.1, -0.05) is 0 Å². The molecule has 1 N–H and O–H groups in total. The van der Waals surface area contributed by atoms with Gasteiger partial charge in [0.25, 0.3) is 0 Å². The molecule has 0 aliphatic heterocycles.